The number of nitrogens with one attached hydrogen (secondary N) is 3. The summed E-state index contributed by atoms with van der Waals surface area (Å²) in [5.41, 5.74) is 11.8. The Labute approximate surface area is 264 Å². The number of benzene rings is 2. The van der Waals surface area contributed by atoms with Crippen LogP contribution in [0.1, 0.15) is 55.2 Å². The van der Waals surface area contributed by atoms with E-state index in [2.05, 4.69) is 21.3 Å². The van der Waals surface area contributed by atoms with Crippen molar-refractivity contribution in [1.29, 1.82) is 10.8 Å². The Morgan fingerprint density at radius 2 is 1.84 bits per heavy atom. The highest BCUT2D eigenvalue weighted by Crippen LogP contribution is 2.65. The fourth-order valence-corrected chi connectivity index (χ4v) is 8.03. The molecule has 1 spiro atoms. The minimum absolute atomic E-state index is 0.0109. The molecule has 2 aromatic carbocycles. The van der Waals surface area contributed by atoms with Gasteiger partial charge in [-0.15, -0.1) is 0 Å². The molecule has 10 heteroatoms. The van der Waals surface area contributed by atoms with Gasteiger partial charge in [-0.25, -0.2) is 4.99 Å². The molecule has 3 aliphatic carbocycles. The van der Waals surface area contributed by atoms with Gasteiger partial charge in [0.25, 0.3) is 0 Å². The van der Waals surface area contributed by atoms with E-state index in [9.17, 15) is 9.59 Å². The summed E-state index contributed by atoms with van der Waals surface area (Å²) in [5, 5.41) is 19.7. The molecule has 3 saturated carbocycles. The number of amidine groups is 1. The van der Waals surface area contributed by atoms with Crippen molar-refractivity contribution >= 4 is 46.6 Å². The van der Waals surface area contributed by atoms with Crippen LogP contribution in [0.2, 0.25) is 0 Å². The second kappa shape index (κ2) is 11.2. The Bertz CT molecular complexity index is 1610. The van der Waals surface area contributed by atoms with Crippen LogP contribution in [0.4, 0.5) is 11.4 Å². The maximum absolute atomic E-state index is 13.9. The second-order valence-electron chi connectivity index (χ2n) is 13.6. The predicted octanol–water partition coefficient (Wildman–Crippen LogP) is 3.75. The molecule has 0 aromatic heterocycles. The molecule has 234 valence electrons. The molecule has 2 amide bonds. The van der Waals surface area contributed by atoms with Gasteiger partial charge in [-0.05, 0) is 80.3 Å². The van der Waals surface area contributed by atoms with Gasteiger partial charge in [0.15, 0.2) is 5.84 Å². The summed E-state index contributed by atoms with van der Waals surface area (Å²) in [5.74, 6) is 1.22. The van der Waals surface area contributed by atoms with Crippen LogP contribution in [0.25, 0.3) is 5.57 Å². The first kappa shape index (κ1) is 29.4. The summed E-state index contributed by atoms with van der Waals surface area (Å²) in [4.78, 5) is 37.2. The van der Waals surface area contributed by atoms with Crippen LogP contribution in [-0.2, 0) is 9.59 Å². The number of nitrogens with two attached hydrogens (primary N) is 1. The molecule has 5 fully saturated rings. The fourth-order valence-electron chi connectivity index (χ4n) is 8.03. The zero-order chi connectivity index (χ0) is 31.3. The van der Waals surface area contributed by atoms with E-state index in [1.807, 2.05) is 52.3 Å². The third kappa shape index (κ3) is 5.14. The van der Waals surface area contributed by atoms with Crippen molar-refractivity contribution < 1.29 is 9.59 Å². The minimum Gasteiger partial charge on any atom is -0.398 e. The lowest BCUT2D eigenvalue weighted by atomic mass is 9.42. The minimum atomic E-state index is -0.459. The van der Waals surface area contributed by atoms with E-state index in [1.165, 1.54) is 11.9 Å². The molecule has 3 heterocycles. The zero-order valence-electron chi connectivity index (χ0n) is 25.9. The maximum atomic E-state index is 13.9. The van der Waals surface area contributed by atoms with Crippen molar-refractivity contribution in [2.75, 3.05) is 56.9 Å². The molecule has 0 unspecified atom stereocenters. The van der Waals surface area contributed by atoms with Gasteiger partial charge in [0.2, 0.25) is 11.8 Å². The van der Waals surface area contributed by atoms with Crippen LogP contribution in [0.5, 0.6) is 0 Å². The van der Waals surface area contributed by atoms with Crippen LogP contribution in [0.3, 0.4) is 0 Å². The monoisotopic (exact) mass is 606 g/mol. The van der Waals surface area contributed by atoms with E-state index in [1.54, 1.807) is 7.05 Å². The Hall–Kier alpha value is -4.31. The van der Waals surface area contributed by atoms with E-state index in [0.29, 0.717) is 44.1 Å². The summed E-state index contributed by atoms with van der Waals surface area (Å²) in [6.45, 7) is 3.55. The number of amides is 2. The predicted molar refractivity (Wildman–Crippen MR) is 178 cm³/mol. The lowest BCUT2D eigenvalue weighted by Gasteiger charge is -2.62. The molecule has 0 radical (unpaired) electrons. The van der Waals surface area contributed by atoms with E-state index < -0.39 is 5.41 Å². The highest BCUT2D eigenvalue weighted by molar-refractivity contribution is 6.09. The third-order valence-corrected chi connectivity index (χ3v) is 10.9. The quantitative estimate of drug-likeness (QED) is 0.206. The molecule has 6 aliphatic rings. The van der Waals surface area contributed by atoms with Gasteiger partial charge in [0, 0.05) is 66.9 Å². The number of carbonyl (C=O) groups excluding carboxylic acids is 2. The number of aliphatic imine (C=N–C) groups is 1. The Balaban J connectivity index is 0.942. The zero-order valence-corrected chi connectivity index (χ0v) is 25.9. The summed E-state index contributed by atoms with van der Waals surface area (Å²) in [7, 11) is 1.75. The summed E-state index contributed by atoms with van der Waals surface area (Å²) < 4.78 is 0. The van der Waals surface area contributed by atoms with Crippen LogP contribution in [0.15, 0.2) is 53.5 Å². The molecule has 2 saturated heterocycles. The van der Waals surface area contributed by atoms with Crippen molar-refractivity contribution in [3.8, 4) is 0 Å². The molecule has 5 N–H and O–H groups in total. The van der Waals surface area contributed by atoms with Crippen LogP contribution in [-0.4, -0.2) is 85.8 Å². The van der Waals surface area contributed by atoms with Crippen LogP contribution in [0, 0.1) is 27.6 Å². The average Bonchev–Trinajstić information content (AvgIpc) is 3.56. The van der Waals surface area contributed by atoms with Crippen molar-refractivity contribution in [1.82, 2.24) is 15.1 Å². The standard InChI is InChI=1S/C35H42N8O2/c1-39-22-40-32(38)26-4-2-24(3-5-26)25-8-12-42(13-9-25)30(44)20-41-14-10-34(21-41)11-15-43(33(34)45)27-6-7-29(36)28(16-27)31(37)35-17-23(18-35)19-35/h2-8,16,22-23,37H,9-15,17-21,36H2,1H3,(H2,38,39,40)/t23?,34-,35?/m0/s1. The smallest absolute Gasteiger partial charge is 0.237 e. The Morgan fingerprint density at radius 1 is 1.09 bits per heavy atom. The fraction of sp³-hybridized carbons (Fsp3) is 0.457. The molecular formula is C35H42N8O2. The van der Waals surface area contributed by atoms with Gasteiger partial charge < -0.3 is 26.3 Å². The number of carbonyl (C=O) groups is 2. The number of nitrogens with zero attached hydrogens (tertiary/aromatic N) is 4. The largest absolute Gasteiger partial charge is 0.398 e. The molecule has 8 rings (SSSR count). The molecule has 10 nitrogen and oxygen atoms in total. The molecular weight excluding hydrogens is 564 g/mol. The number of nitrogen functional groups attached to an aromatic ring is 1. The summed E-state index contributed by atoms with van der Waals surface area (Å²) >= 11 is 0. The molecule has 45 heavy (non-hydrogen) atoms. The van der Waals surface area contributed by atoms with E-state index in [0.717, 1.165) is 73.4 Å². The summed E-state index contributed by atoms with van der Waals surface area (Å²) in [6, 6.07) is 13.6. The lowest BCUT2D eigenvalue weighted by molar-refractivity contribution is -0.132. The number of rotatable bonds is 8. The van der Waals surface area contributed by atoms with Crippen LogP contribution < -0.4 is 16.0 Å². The average molecular weight is 607 g/mol. The normalized spacial score (nSPS) is 27.4. The van der Waals surface area contributed by atoms with Crippen molar-refractivity contribution in [3.05, 3.63) is 65.2 Å². The second-order valence-corrected chi connectivity index (χ2v) is 13.6. The first-order chi connectivity index (χ1) is 21.7. The van der Waals surface area contributed by atoms with Crippen LogP contribution >= 0.6 is 0 Å². The first-order valence-corrected chi connectivity index (χ1v) is 16.1. The molecule has 2 bridgehead atoms. The number of hydrogen-bond donors (Lipinski definition) is 4. The summed E-state index contributed by atoms with van der Waals surface area (Å²) in [6.07, 6.45) is 9.22. The van der Waals surface area contributed by atoms with Gasteiger partial charge in [-0.1, -0.05) is 30.3 Å². The third-order valence-electron chi connectivity index (χ3n) is 10.9. The van der Waals surface area contributed by atoms with E-state index >= 15 is 0 Å². The van der Waals surface area contributed by atoms with E-state index in [4.69, 9.17) is 16.6 Å². The first-order valence-electron chi connectivity index (χ1n) is 16.1. The maximum Gasteiger partial charge on any atom is 0.237 e. The van der Waals surface area contributed by atoms with Crippen molar-refractivity contribution in [2.24, 2.45) is 21.7 Å². The SMILES string of the molecule is CN/C=N\C(=N)c1ccc(C2=CCN(C(=O)CN3CC[C@]4(CCN(c5ccc(N)c(C(=N)C67CC(C6)C7)c5)C4=O)C3)CC2)cc1. The Kier molecular flexibility index (Phi) is 7.35. The number of anilines is 2. The number of hydrogen-bond acceptors (Lipinski definition) is 6. The van der Waals surface area contributed by atoms with Gasteiger partial charge >= 0.3 is 0 Å². The number of likely N-dealkylation sites (tertiary alicyclic amines) is 1. The molecule has 2 aromatic rings. The highest BCUT2D eigenvalue weighted by Gasteiger charge is 2.59. The topological polar surface area (TPSA) is 142 Å². The van der Waals surface area contributed by atoms with E-state index in [-0.39, 0.29) is 23.1 Å². The van der Waals surface area contributed by atoms with Gasteiger partial charge in [0.1, 0.15) is 0 Å². The van der Waals surface area contributed by atoms with Crippen molar-refractivity contribution in [2.45, 2.75) is 38.5 Å². The molecule has 1 atom stereocenters. The highest BCUT2D eigenvalue weighted by atomic mass is 16.2. The Morgan fingerprint density at radius 3 is 2.51 bits per heavy atom. The van der Waals surface area contributed by atoms with Crippen molar-refractivity contribution in [3.63, 3.8) is 0 Å². The lowest BCUT2D eigenvalue weighted by Crippen LogP contribution is -2.56. The van der Waals surface area contributed by atoms with Gasteiger partial charge in [0.05, 0.1) is 18.3 Å². The molecule has 3 aliphatic heterocycles. The van der Waals surface area contributed by atoms with Gasteiger partial charge in [-0.3, -0.25) is 19.9 Å². The van der Waals surface area contributed by atoms with Gasteiger partial charge in [-0.2, -0.15) is 0 Å².